The number of carbonyl (C=O) groups excluding carboxylic acids is 4. The maximum absolute atomic E-state index is 12.9. The van der Waals surface area contributed by atoms with Gasteiger partial charge in [-0.15, -0.1) is 11.6 Å². The fourth-order valence-corrected chi connectivity index (χ4v) is 7.30. The highest BCUT2D eigenvalue weighted by Crippen LogP contribution is 2.65. The van der Waals surface area contributed by atoms with Crippen LogP contribution in [0.1, 0.15) is 60.8 Å². The number of halogens is 1. The zero-order valence-electron chi connectivity index (χ0n) is 21.9. The molecule has 2 saturated carbocycles. The van der Waals surface area contributed by atoms with Crippen LogP contribution in [0.15, 0.2) is 12.2 Å². The second-order valence-corrected chi connectivity index (χ2v) is 11.6. The van der Waals surface area contributed by atoms with E-state index in [4.69, 9.17) is 35.3 Å². The molecule has 2 heterocycles. The molecule has 0 unspecified atom stereocenters. The molecule has 11 heteroatoms. The van der Waals surface area contributed by atoms with E-state index < -0.39 is 88.2 Å². The minimum Gasteiger partial charge on any atom is -0.462 e. The van der Waals surface area contributed by atoms with Crippen LogP contribution in [0.2, 0.25) is 0 Å². The first-order valence-corrected chi connectivity index (χ1v) is 13.0. The lowest BCUT2D eigenvalue weighted by molar-refractivity contribution is -0.236. The van der Waals surface area contributed by atoms with Gasteiger partial charge in [-0.1, -0.05) is 19.1 Å². The molecule has 11 atom stereocenters. The zero-order chi connectivity index (χ0) is 27.7. The molecule has 2 aliphatic heterocycles. The third-order valence-corrected chi connectivity index (χ3v) is 9.42. The molecule has 0 aromatic carbocycles. The molecule has 0 aromatic heterocycles. The van der Waals surface area contributed by atoms with Crippen molar-refractivity contribution >= 4 is 35.5 Å². The molecule has 0 spiro atoms. The summed E-state index contributed by atoms with van der Waals surface area (Å²) in [7, 11) is 0. The van der Waals surface area contributed by atoms with Crippen molar-refractivity contribution in [3.05, 3.63) is 12.2 Å². The van der Waals surface area contributed by atoms with Crippen molar-refractivity contribution in [1.82, 2.24) is 0 Å². The van der Waals surface area contributed by atoms with Gasteiger partial charge in [-0.25, -0.2) is 0 Å². The van der Waals surface area contributed by atoms with Crippen LogP contribution in [0.3, 0.4) is 0 Å². The summed E-state index contributed by atoms with van der Waals surface area (Å²) in [6.07, 6.45) is -3.96. The number of carbonyl (C=O) groups is 4. The summed E-state index contributed by atoms with van der Waals surface area (Å²) in [6.45, 7) is 12.9. The fraction of sp³-hybridized carbons (Fsp3) is 0.769. The predicted molar refractivity (Wildman–Crippen MR) is 128 cm³/mol. The van der Waals surface area contributed by atoms with Crippen LogP contribution in [-0.2, 0) is 42.9 Å². The van der Waals surface area contributed by atoms with Gasteiger partial charge in [0.25, 0.3) is 0 Å². The Morgan fingerprint density at radius 1 is 1.05 bits per heavy atom. The molecule has 2 aliphatic carbocycles. The summed E-state index contributed by atoms with van der Waals surface area (Å²) in [5.74, 6) is -4.56. The Balaban J connectivity index is 2.01. The van der Waals surface area contributed by atoms with Gasteiger partial charge in [-0.05, 0) is 26.7 Å². The van der Waals surface area contributed by atoms with E-state index in [0.29, 0.717) is 12.0 Å². The highest BCUT2D eigenvalue weighted by atomic mass is 35.5. The van der Waals surface area contributed by atoms with E-state index in [0.717, 1.165) is 0 Å². The average Bonchev–Trinajstić information content (AvgIpc) is 3.39. The van der Waals surface area contributed by atoms with Crippen molar-refractivity contribution in [2.45, 2.75) is 108 Å². The lowest BCUT2D eigenvalue weighted by atomic mass is 9.53. The molecule has 4 fully saturated rings. The van der Waals surface area contributed by atoms with Crippen LogP contribution in [0.4, 0.5) is 0 Å². The molecule has 206 valence electrons. The van der Waals surface area contributed by atoms with E-state index >= 15 is 0 Å². The Bertz CT molecular complexity index is 1030. The first-order chi connectivity index (χ1) is 17.1. The number of alkyl halides is 1. The van der Waals surface area contributed by atoms with Crippen molar-refractivity contribution in [1.29, 1.82) is 0 Å². The maximum Gasteiger partial charge on any atom is 0.312 e. The quantitative estimate of drug-likeness (QED) is 0.186. The average molecular weight is 543 g/mol. The smallest absolute Gasteiger partial charge is 0.312 e. The van der Waals surface area contributed by atoms with Crippen molar-refractivity contribution in [3.8, 4) is 0 Å². The summed E-state index contributed by atoms with van der Waals surface area (Å²) < 4.78 is 29.3. The van der Waals surface area contributed by atoms with Gasteiger partial charge in [0.15, 0.2) is 11.7 Å². The van der Waals surface area contributed by atoms with Crippen molar-refractivity contribution < 1.29 is 48.0 Å². The molecule has 0 bridgehead atoms. The number of rotatable bonds is 3. The molecule has 37 heavy (non-hydrogen) atoms. The van der Waals surface area contributed by atoms with Crippen LogP contribution >= 0.6 is 11.6 Å². The van der Waals surface area contributed by atoms with E-state index in [1.165, 1.54) is 27.7 Å². The molecule has 4 aliphatic rings. The minimum atomic E-state index is -2.10. The highest BCUT2D eigenvalue weighted by molar-refractivity contribution is 6.23. The summed E-state index contributed by atoms with van der Waals surface area (Å²) in [5, 5.41) is 11.4. The third kappa shape index (κ3) is 4.25. The van der Waals surface area contributed by atoms with E-state index in [9.17, 15) is 24.3 Å². The van der Waals surface area contributed by atoms with Gasteiger partial charge in [-0.2, -0.15) is 0 Å². The predicted octanol–water partition coefficient (Wildman–Crippen LogP) is 2.22. The Morgan fingerprint density at radius 3 is 2.19 bits per heavy atom. The highest BCUT2D eigenvalue weighted by Gasteiger charge is 2.78. The topological polar surface area (TPSA) is 138 Å². The lowest BCUT2D eigenvalue weighted by Crippen LogP contribution is -2.70. The van der Waals surface area contributed by atoms with Gasteiger partial charge >= 0.3 is 23.9 Å². The number of esters is 4. The standard InChI is InChI=1S/C26H35ClO10/c1-11-8-9-16(33-13(3)28)24(6)17(34-14(4)29)10-18-25(7,37-18)20(24)22(35-15(5)30)26(32)12(2)23(31)36-21(26)19(11)27/h12,16-22,32H,1,8-10H2,2-7H3/t12-,16-,17+,18-,19+,20-,21+,22-,24+,25-,26+/m1/s1. The van der Waals surface area contributed by atoms with Crippen molar-refractivity contribution in [2.24, 2.45) is 17.3 Å². The van der Waals surface area contributed by atoms with Gasteiger partial charge in [0.05, 0.1) is 28.4 Å². The normalized spacial score (nSPS) is 46.9. The molecular weight excluding hydrogens is 508 g/mol. The molecule has 0 radical (unpaired) electrons. The van der Waals surface area contributed by atoms with Gasteiger partial charge in [0.2, 0.25) is 0 Å². The molecular formula is C26H35ClO10. The Kier molecular flexibility index (Phi) is 6.95. The zero-order valence-corrected chi connectivity index (χ0v) is 22.7. The number of fused-ring (bicyclic) bond motifs is 4. The van der Waals surface area contributed by atoms with Gasteiger partial charge in [-0.3, -0.25) is 19.2 Å². The van der Waals surface area contributed by atoms with Crippen LogP contribution in [0.25, 0.3) is 0 Å². The summed E-state index contributed by atoms with van der Waals surface area (Å²) >= 11 is 6.75. The first-order valence-electron chi connectivity index (χ1n) is 12.5. The molecule has 10 nitrogen and oxygen atoms in total. The Labute approximate surface area is 220 Å². The number of ether oxygens (including phenoxy) is 5. The van der Waals surface area contributed by atoms with Crippen LogP contribution in [0, 0.1) is 17.3 Å². The van der Waals surface area contributed by atoms with Crippen LogP contribution in [0.5, 0.6) is 0 Å². The summed E-state index contributed by atoms with van der Waals surface area (Å²) in [4.78, 5) is 50.0. The third-order valence-electron chi connectivity index (χ3n) is 8.88. The van der Waals surface area contributed by atoms with Crippen LogP contribution < -0.4 is 0 Å². The Hall–Kier alpha value is -2.17. The summed E-state index contributed by atoms with van der Waals surface area (Å²) in [5.41, 5.74) is -3.84. The summed E-state index contributed by atoms with van der Waals surface area (Å²) in [6, 6.07) is 0. The number of aliphatic hydroxyl groups is 1. The van der Waals surface area contributed by atoms with E-state index in [1.807, 2.05) is 6.92 Å². The second-order valence-electron chi connectivity index (χ2n) is 11.2. The van der Waals surface area contributed by atoms with Gasteiger partial charge in [0, 0.05) is 33.1 Å². The molecule has 0 amide bonds. The molecule has 0 aromatic rings. The number of hydrogen-bond donors (Lipinski definition) is 1. The first kappa shape index (κ1) is 27.9. The second kappa shape index (κ2) is 9.24. The number of epoxide rings is 1. The van der Waals surface area contributed by atoms with E-state index in [2.05, 4.69) is 6.58 Å². The van der Waals surface area contributed by atoms with Crippen molar-refractivity contribution in [2.75, 3.05) is 0 Å². The van der Waals surface area contributed by atoms with Gasteiger partial charge < -0.3 is 28.8 Å². The Morgan fingerprint density at radius 2 is 1.62 bits per heavy atom. The van der Waals surface area contributed by atoms with E-state index in [-0.39, 0.29) is 12.8 Å². The fourth-order valence-electron chi connectivity index (χ4n) is 6.94. The minimum absolute atomic E-state index is 0.245. The lowest BCUT2D eigenvalue weighted by Gasteiger charge is -2.56. The van der Waals surface area contributed by atoms with Crippen molar-refractivity contribution in [3.63, 3.8) is 0 Å². The molecule has 4 rings (SSSR count). The molecule has 2 saturated heterocycles. The molecule has 1 N–H and O–H groups in total. The van der Waals surface area contributed by atoms with Crippen LogP contribution in [-0.4, -0.2) is 76.1 Å². The number of hydrogen-bond acceptors (Lipinski definition) is 10. The van der Waals surface area contributed by atoms with E-state index in [1.54, 1.807) is 6.92 Å². The monoisotopic (exact) mass is 542 g/mol. The maximum atomic E-state index is 12.9. The SMILES string of the molecule is C=C1CC[C@@H](OC(C)=O)[C@@]2(C)[C@@H](OC(C)=O)C[C@H]3O[C@@]3(C)[C@@H]2[C@@H](OC(C)=O)[C@]2(O)[C@H](C)C(=O)O[C@H]2[C@H]1Cl. The largest absolute Gasteiger partial charge is 0.462 e. The van der Waals surface area contributed by atoms with Gasteiger partial charge in [0.1, 0.15) is 18.3 Å².